The van der Waals surface area contributed by atoms with E-state index in [0.29, 0.717) is 24.8 Å². The first-order chi connectivity index (χ1) is 13.1. The highest BCUT2D eigenvalue weighted by atomic mass is 19.1. The van der Waals surface area contributed by atoms with Gasteiger partial charge in [0.1, 0.15) is 22.8 Å². The number of benzene rings is 1. The topological polar surface area (TPSA) is 67.9 Å². The number of hydrogen-bond acceptors (Lipinski definition) is 4. The number of nitrogens with zero attached hydrogens (tertiary/aromatic N) is 1. The second-order valence-corrected chi connectivity index (χ2v) is 10.1. The molecule has 3 aliphatic carbocycles. The van der Waals surface area contributed by atoms with Gasteiger partial charge in [0.15, 0.2) is 0 Å². The molecule has 6 nitrogen and oxygen atoms in total. The first kappa shape index (κ1) is 21.3. The van der Waals surface area contributed by atoms with Crippen LogP contribution in [0.5, 0.6) is 0 Å². The van der Waals surface area contributed by atoms with E-state index in [0.717, 1.165) is 6.07 Å². The summed E-state index contributed by atoms with van der Waals surface area (Å²) in [6.45, 7) is 10.4. The van der Waals surface area contributed by atoms with Crippen LogP contribution in [0.15, 0.2) is 18.2 Å². The van der Waals surface area contributed by atoms with Crippen LogP contribution >= 0.6 is 0 Å². The van der Waals surface area contributed by atoms with Gasteiger partial charge in [-0.15, -0.1) is 0 Å². The second kappa shape index (κ2) is 6.57. The summed E-state index contributed by atoms with van der Waals surface area (Å²) in [5.74, 6) is -1.26. The largest absolute Gasteiger partial charge is 0.443 e. The zero-order chi connectivity index (χ0) is 21.8. The quantitative estimate of drug-likeness (QED) is 0.710. The fourth-order valence-corrected chi connectivity index (χ4v) is 4.20. The van der Waals surface area contributed by atoms with E-state index in [9.17, 15) is 18.4 Å². The van der Waals surface area contributed by atoms with Gasteiger partial charge in [0.25, 0.3) is 0 Å². The smallest absolute Gasteiger partial charge is 0.429 e. The minimum absolute atomic E-state index is 0.404. The molecule has 0 heterocycles. The second-order valence-electron chi connectivity index (χ2n) is 10.1. The Balaban J connectivity index is 1.78. The number of halogens is 2. The third-order valence-electron chi connectivity index (χ3n) is 5.13. The van der Waals surface area contributed by atoms with Crippen molar-refractivity contribution in [1.29, 1.82) is 0 Å². The molecule has 3 saturated carbocycles. The van der Waals surface area contributed by atoms with Gasteiger partial charge in [-0.05, 0) is 78.5 Å². The maximum Gasteiger partial charge on any atom is 0.429 e. The number of carbonyl (C=O) groups is 2. The molecule has 0 unspecified atom stereocenters. The Labute approximate surface area is 169 Å². The molecule has 0 atom stereocenters. The van der Waals surface area contributed by atoms with E-state index in [4.69, 9.17) is 9.47 Å². The van der Waals surface area contributed by atoms with E-state index in [1.165, 1.54) is 17.1 Å². The number of carbonyl (C=O) groups excluding carboxylic acids is 2. The van der Waals surface area contributed by atoms with Crippen LogP contribution in [0.4, 0.5) is 18.4 Å². The van der Waals surface area contributed by atoms with E-state index < -0.39 is 46.0 Å². The van der Waals surface area contributed by atoms with Gasteiger partial charge in [-0.2, -0.15) is 0 Å². The van der Waals surface area contributed by atoms with E-state index in [1.54, 1.807) is 41.5 Å². The van der Waals surface area contributed by atoms with Crippen molar-refractivity contribution in [3.05, 3.63) is 35.4 Å². The molecule has 2 amide bonds. The summed E-state index contributed by atoms with van der Waals surface area (Å²) in [4.78, 5) is 25.1. The lowest BCUT2D eigenvalue weighted by atomic mass is 9.37. The van der Waals surface area contributed by atoms with Crippen LogP contribution in [-0.4, -0.2) is 33.9 Å². The predicted molar refractivity (Wildman–Crippen MR) is 102 cm³/mol. The van der Waals surface area contributed by atoms with E-state index in [1.807, 2.05) is 0 Å². The fourth-order valence-electron chi connectivity index (χ4n) is 4.20. The minimum Gasteiger partial charge on any atom is -0.443 e. The normalized spacial score (nSPS) is 25.4. The average Bonchev–Trinajstić information content (AvgIpc) is 2.38. The van der Waals surface area contributed by atoms with E-state index in [2.05, 4.69) is 5.43 Å². The monoisotopic (exact) mass is 410 g/mol. The van der Waals surface area contributed by atoms with Crippen LogP contribution in [-0.2, 0) is 14.9 Å². The van der Waals surface area contributed by atoms with Crippen molar-refractivity contribution in [2.24, 2.45) is 0 Å². The molecule has 8 heteroatoms. The molecule has 0 saturated heterocycles. The fraction of sp³-hybridized carbons (Fsp3) is 0.619. The van der Waals surface area contributed by atoms with Crippen LogP contribution in [0.3, 0.4) is 0 Å². The summed E-state index contributed by atoms with van der Waals surface area (Å²) in [6.07, 6.45) is -0.0469. The Bertz CT molecular complexity index is 802. The maximum atomic E-state index is 13.6. The lowest BCUT2D eigenvalue weighted by molar-refractivity contribution is -0.177. The number of nitrogens with one attached hydrogen (secondary N) is 1. The van der Waals surface area contributed by atoms with Gasteiger partial charge in [-0.25, -0.2) is 28.8 Å². The molecule has 1 aromatic rings. The highest BCUT2D eigenvalue weighted by Crippen LogP contribution is 2.70. The summed E-state index contributed by atoms with van der Waals surface area (Å²) < 4.78 is 38.0. The van der Waals surface area contributed by atoms with Gasteiger partial charge in [-0.1, -0.05) is 0 Å². The lowest BCUT2D eigenvalue weighted by Crippen LogP contribution is -2.80. The molecule has 0 spiro atoms. The average molecular weight is 410 g/mol. The molecule has 0 aromatic heterocycles. The van der Waals surface area contributed by atoms with Crippen molar-refractivity contribution in [2.45, 2.75) is 83.0 Å². The molecule has 0 radical (unpaired) electrons. The van der Waals surface area contributed by atoms with Gasteiger partial charge in [0.05, 0.1) is 5.54 Å². The van der Waals surface area contributed by atoms with Crippen molar-refractivity contribution in [1.82, 2.24) is 10.4 Å². The number of ether oxygens (including phenoxy) is 2. The maximum absolute atomic E-state index is 13.6. The molecule has 1 N–H and O–H groups in total. The standard InChI is InChI=1S/C21H28F2N2O4/c1-18(2,3)28-16(26)24-25(17(27)29-19(4,5)6)21-10-20(11-21,12-21)13-7-14(22)9-15(23)8-13/h7-9H,10-12H2,1-6H3,(H,24,26). The van der Waals surface area contributed by atoms with E-state index in [-0.39, 0.29) is 0 Å². The van der Waals surface area contributed by atoms with Gasteiger partial charge >= 0.3 is 12.2 Å². The third-order valence-corrected chi connectivity index (χ3v) is 5.13. The van der Waals surface area contributed by atoms with E-state index >= 15 is 0 Å². The first-order valence-corrected chi connectivity index (χ1v) is 9.63. The SMILES string of the molecule is CC(C)(C)OC(=O)NN(C(=O)OC(C)(C)C)C12CC(c3cc(F)cc(F)c3)(C1)C2. The molecule has 0 aliphatic heterocycles. The first-order valence-electron chi connectivity index (χ1n) is 9.63. The Hall–Kier alpha value is -2.38. The van der Waals surface area contributed by atoms with Crippen LogP contribution in [0, 0.1) is 11.6 Å². The number of hydrazine groups is 1. The minimum atomic E-state index is -0.765. The lowest BCUT2D eigenvalue weighted by Gasteiger charge is -2.72. The Morgan fingerprint density at radius 3 is 1.86 bits per heavy atom. The molecular formula is C21H28F2N2O4. The highest BCUT2D eigenvalue weighted by molar-refractivity contribution is 5.76. The summed E-state index contributed by atoms with van der Waals surface area (Å²) in [6, 6.07) is 3.48. The van der Waals surface area contributed by atoms with Crippen molar-refractivity contribution >= 4 is 12.2 Å². The Morgan fingerprint density at radius 1 is 0.931 bits per heavy atom. The third kappa shape index (κ3) is 4.31. The number of hydrogen-bond donors (Lipinski definition) is 1. The van der Waals surface area contributed by atoms with Gasteiger partial charge in [-0.3, -0.25) is 0 Å². The number of amides is 2. The number of rotatable bonds is 2. The summed E-state index contributed by atoms with van der Waals surface area (Å²) in [7, 11) is 0. The summed E-state index contributed by atoms with van der Waals surface area (Å²) >= 11 is 0. The van der Waals surface area contributed by atoms with Crippen LogP contribution in [0.2, 0.25) is 0 Å². The zero-order valence-electron chi connectivity index (χ0n) is 17.7. The van der Waals surface area contributed by atoms with Gasteiger partial charge < -0.3 is 9.47 Å². The van der Waals surface area contributed by atoms with Crippen molar-refractivity contribution in [3.8, 4) is 0 Å². The molecule has 1 aromatic carbocycles. The molecule has 4 rings (SSSR count). The van der Waals surface area contributed by atoms with Crippen molar-refractivity contribution in [3.63, 3.8) is 0 Å². The Morgan fingerprint density at radius 2 is 1.41 bits per heavy atom. The van der Waals surface area contributed by atoms with Crippen molar-refractivity contribution < 1.29 is 27.8 Å². The van der Waals surface area contributed by atoms with Crippen LogP contribution < -0.4 is 5.43 Å². The highest BCUT2D eigenvalue weighted by Gasteiger charge is 2.73. The Kier molecular flexibility index (Phi) is 4.83. The molecule has 160 valence electrons. The summed E-state index contributed by atoms with van der Waals surface area (Å²) in [5, 5.41) is 1.18. The molecular weight excluding hydrogens is 382 g/mol. The van der Waals surface area contributed by atoms with Gasteiger partial charge in [0.2, 0.25) is 0 Å². The van der Waals surface area contributed by atoms with Crippen LogP contribution in [0.25, 0.3) is 0 Å². The summed E-state index contributed by atoms with van der Waals surface area (Å²) in [5.41, 5.74) is 0.532. The molecule has 2 bridgehead atoms. The predicted octanol–water partition coefficient (Wildman–Crippen LogP) is 4.82. The van der Waals surface area contributed by atoms with Gasteiger partial charge in [0, 0.05) is 11.5 Å². The van der Waals surface area contributed by atoms with Crippen LogP contribution in [0.1, 0.15) is 66.4 Å². The molecule has 3 fully saturated rings. The van der Waals surface area contributed by atoms with Crippen molar-refractivity contribution in [2.75, 3.05) is 0 Å². The zero-order valence-corrected chi connectivity index (χ0v) is 17.7. The molecule has 3 aliphatic rings. The molecule has 29 heavy (non-hydrogen) atoms.